The van der Waals surface area contributed by atoms with Crippen LogP contribution >= 0.6 is 28.1 Å². The molecule has 2 fully saturated rings. The van der Waals surface area contributed by atoms with Crippen molar-refractivity contribution < 1.29 is 47.3 Å². The zero-order chi connectivity index (χ0) is 48.5. The number of β-amino-alcohol motifs (C(OH)–C–C–N with tert-alkyl or cyclic N) is 1. The Hall–Kier alpha value is -5.78. The van der Waals surface area contributed by atoms with Gasteiger partial charge >= 0.3 is 0 Å². The van der Waals surface area contributed by atoms with Crippen molar-refractivity contribution in [2.75, 3.05) is 49.4 Å². The van der Waals surface area contributed by atoms with Gasteiger partial charge in [0, 0.05) is 61.1 Å². The molecule has 4 amide bonds. The maximum Gasteiger partial charge on any atom is 0.259 e. The second-order valence-corrected chi connectivity index (χ2v) is 19.0. The number of halogens is 2. The molecule has 6 rings (SSSR count). The zero-order valence-electron chi connectivity index (χ0n) is 38.1. The fourth-order valence-corrected chi connectivity index (χ4v) is 8.71. The predicted octanol–water partition coefficient (Wildman–Crippen LogP) is 6.42. The molecular formula is C48H55BrFN7O9S. The van der Waals surface area contributed by atoms with Gasteiger partial charge in [-0.2, -0.15) is 5.26 Å². The number of thiocarbonyl (C=S) groups is 1. The molecule has 2 aliphatic heterocycles. The summed E-state index contributed by atoms with van der Waals surface area (Å²) in [4.78, 5) is 62.0. The van der Waals surface area contributed by atoms with Crippen molar-refractivity contribution in [2.45, 2.75) is 90.6 Å². The molecule has 3 atom stereocenters. The van der Waals surface area contributed by atoms with E-state index in [1.54, 1.807) is 49.2 Å². The van der Waals surface area contributed by atoms with Gasteiger partial charge < -0.3 is 44.2 Å². The maximum atomic E-state index is 15.3. The first-order valence-corrected chi connectivity index (χ1v) is 23.1. The summed E-state index contributed by atoms with van der Waals surface area (Å²) < 4.78 is 38.1. The van der Waals surface area contributed by atoms with Crippen molar-refractivity contribution in [1.82, 2.24) is 20.5 Å². The number of benzene rings is 3. The third kappa shape index (κ3) is 12.4. The molecule has 3 N–H and O–H groups in total. The number of carbonyl (C=O) groups is 4. The number of aliphatic hydroxyl groups excluding tert-OH is 1. The molecule has 0 aliphatic carbocycles. The van der Waals surface area contributed by atoms with Crippen molar-refractivity contribution in [3.05, 3.63) is 94.7 Å². The molecule has 16 nitrogen and oxygen atoms in total. The number of anilines is 2. The summed E-state index contributed by atoms with van der Waals surface area (Å²) >= 11 is 9.07. The highest BCUT2D eigenvalue weighted by atomic mass is 79.9. The van der Waals surface area contributed by atoms with E-state index in [1.165, 1.54) is 28.3 Å². The molecule has 0 unspecified atom stereocenters. The third-order valence-corrected chi connectivity index (χ3v) is 12.4. The smallest absolute Gasteiger partial charge is 0.259 e. The highest BCUT2D eigenvalue weighted by molar-refractivity contribution is 9.10. The molecular weight excluding hydrogens is 950 g/mol. The number of nitrogens with one attached hydrogen (secondary N) is 2. The van der Waals surface area contributed by atoms with Crippen molar-refractivity contribution in [3.8, 4) is 23.1 Å². The first-order chi connectivity index (χ1) is 31.9. The summed E-state index contributed by atoms with van der Waals surface area (Å²) in [5.41, 5.74) is 1.12. The molecule has 0 radical (unpaired) electrons. The van der Waals surface area contributed by atoms with E-state index in [2.05, 4.69) is 37.6 Å². The quantitative estimate of drug-likeness (QED) is 0.0648. The van der Waals surface area contributed by atoms with E-state index in [9.17, 15) is 29.5 Å². The summed E-state index contributed by atoms with van der Waals surface area (Å²) in [6, 6.07) is 16.9. The number of rotatable bonds is 20. The minimum absolute atomic E-state index is 0.0398. The lowest BCUT2D eigenvalue weighted by Gasteiger charge is -2.35. The average Bonchev–Trinajstić information content (AvgIpc) is 4.01. The Morgan fingerprint density at radius 3 is 2.40 bits per heavy atom. The molecule has 3 heterocycles. The number of amides is 4. The molecule has 0 saturated carbocycles. The Labute approximate surface area is 402 Å². The lowest BCUT2D eigenvalue weighted by atomic mass is 9.85. The molecule has 19 heteroatoms. The molecule has 0 bridgehead atoms. The van der Waals surface area contributed by atoms with Crippen molar-refractivity contribution >= 4 is 68.3 Å². The fraction of sp³-hybridized carbons (Fsp3) is 0.438. The monoisotopic (exact) mass is 1000 g/mol. The van der Waals surface area contributed by atoms with Crippen LogP contribution in [0.4, 0.5) is 15.8 Å². The van der Waals surface area contributed by atoms with Gasteiger partial charge in [0.1, 0.15) is 30.3 Å². The number of nitrogens with zero attached hydrogens (tertiary/aromatic N) is 5. The van der Waals surface area contributed by atoms with E-state index in [-0.39, 0.29) is 56.1 Å². The number of unbranched alkanes of at least 4 members (excludes halogenated alkanes) is 1. The largest absolute Gasteiger partial charge is 0.491 e. The minimum Gasteiger partial charge on any atom is -0.491 e. The van der Waals surface area contributed by atoms with Crippen LogP contribution in [-0.4, -0.2) is 107 Å². The molecule has 67 heavy (non-hydrogen) atoms. The first-order valence-electron chi connectivity index (χ1n) is 21.9. The molecule has 0 spiro atoms. The number of aliphatic hydroxyl groups is 1. The van der Waals surface area contributed by atoms with Crippen LogP contribution in [0.25, 0.3) is 11.3 Å². The lowest BCUT2D eigenvalue weighted by Crippen LogP contribution is -2.58. The van der Waals surface area contributed by atoms with Gasteiger partial charge in [0.15, 0.2) is 28.8 Å². The van der Waals surface area contributed by atoms with Crippen molar-refractivity contribution in [1.29, 1.82) is 5.26 Å². The number of nitriles is 1. The van der Waals surface area contributed by atoms with Gasteiger partial charge in [-0.25, -0.2) is 9.37 Å². The van der Waals surface area contributed by atoms with Crippen LogP contribution < -0.4 is 25.2 Å². The number of aromatic nitrogens is 1. The second-order valence-electron chi connectivity index (χ2n) is 17.8. The molecule has 1 aromatic heterocycles. The van der Waals surface area contributed by atoms with Crippen LogP contribution in [0.5, 0.6) is 5.75 Å². The van der Waals surface area contributed by atoms with E-state index in [0.717, 1.165) is 11.1 Å². The third-order valence-electron chi connectivity index (χ3n) is 11.3. The Morgan fingerprint density at radius 2 is 1.73 bits per heavy atom. The number of hydrogen-bond donors (Lipinski definition) is 3. The predicted molar refractivity (Wildman–Crippen MR) is 254 cm³/mol. The summed E-state index contributed by atoms with van der Waals surface area (Å²) in [6.07, 6.45) is 3.91. The molecule has 3 aromatic carbocycles. The maximum absolute atomic E-state index is 15.3. The van der Waals surface area contributed by atoms with Gasteiger partial charge in [0.2, 0.25) is 17.7 Å². The van der Waals surface area contributed by atoms with E-state index >= 15 is 4.39 Å². The SMILES string of the molecule is CC(C)(C)[C@H](NC(=O)COCCCOCCCCOc1ccc(N2C(=S)N(c3ccc(C#N)c(Br)c3)C(=O)C2(C)C)cc1F)C(=O)N1C[C@H](O)C[C@H]1C(=O)NCc1ccc(-c2cnco2)cc1. The average molecular weight is 1000 g/mol. The van der Waals surface area contributed by atoms with E-state index < -0.39 is 52.7 Å². The fourth-order valence-electron chi connectivity index (χ4n) is 7.73. The molecule has 2 aliphatic rings. The van der Waals surface area contributed by atoms with Gasteiger partial charge in [-0.3, -0.25) is 24.1 Å². The van der Waals surface area contributed by atoms with Gasteiger partial charge in [0.05, 0.1) is 30.2 Å². The second kappa shape index (κ2) is 22.3. The summed E-state index contributed by atoms with van der Waals surface area (Å²) in [5, 5.41) is 25.6. The number of likely N-dealkylation sites (tertiary alicyclic amines) is 1. The number of carbonyl (C=O) groups excluding carboxylic acids is 4. The van der Waals surface area contributed by atoms with Gasteiger partial charge in [0.25, 0.3) is 5.91 Å². The highest BCUT2D eigenvalue weighted by Crippen LogP contribution is 2.39. The molecule has 356 valence electrons. The van der Waals surface area contributed by atoms with Gasteiger partial charge in [-0.05, 0) is 103 Å². The Kier molecular flexibility index (Phi) is 16.9. The topological polar surface area (TPSA) is 200 Å². The number of oxazole rings is 1. The van der Waals surface area contributed by atoms with Gasteiger partial charge in [-0.1, -0.05) is 45.0 Å². The minimum atomic E-state index is -1.12. The Balaban J connectivity index is 0.866. The molecule has 4 aromatic rings. The van der Waals surface area contributed by atoms with Gasteiger partial charge in [-0.15, -0.1) is 0 Å². The van der Waals surface area contributed by atoms with E-state index in [4.69, 9.17) is 30.8 Å². The zero-order valence-corrected chi connectivity index (χ0v) is 40.5. The highest BCUT2D eigenvalue weighted by Gasteiger charge is 2.50. The summed E-state index contributed by atoms with van der Waals surface area (Å²) in [5.74, 6) is -1.58. The summed E-state index contributed by atoms with van der Waals surface area (Å²) in [6.45, 7) is 10.0. The van der Waals surface area contributed by atoms with Crippen LogP contribution in [-0.2, 0) is 35.2 Å². The van der Waals surface area contributed by atoms with Crippen LogP contribution in [0.15, 0.2) is 82.1 Å². The number of ether oxygens (including phenoxy) is 3. The Morgan fingerprint density at radius 1 is 1.03 bits per heavy atom. The first kappa shape index (κ1) is 50.6. The Bertz CT molecular complexity index is 2460. The van der Waals surface area contributed by atoms with Crippen LogP contribution in [0.2, 0.25) is 0 Å². The van der Waals surface area contributed by atoms with Crippen molar-refractivity contribution in [3.63, 3.8) is 0 Å². The lowest BCUT2D eigenvalue weighted by molar-refractivity contribution is -0.144. The number of hydrogen-bond acceptors (Lipinski definition) is 12. The summed E-state index contributed by atoms with van der Waals surface area (Å²) in [7, 11) is 0. The van der Waals surface area contributed by atoms with E-state index in [0.29, 0.717) is 59.6 Å². The van der Waals surface area contributed by atoms with Crippen LogP contribution in [0.1, 0.15) is 71.4 Å². The standard InChI is InChI=1S/C48H55BrFN7O9S/c1-47(2,3)42(44(61)55-27-35(58)23-38(55)43(60)53-25-30-9-11-31(12-10-30)40-26-52-29-66-40)54-41(59)28-64-19-8-18-63-17-6-7-20-65-39-16-15-34(22-37(39)50)57-46(67)56(45(62)48(57,4)5)33-14-13-32(24-51)36(49)21-33/h9-16,21-22,26,29,35,38,42,58H,6-8,17-20,23,25,27-28H2,1-5H3,(H,53,60)(H,54,59)/t35-,38+,42-/m1/s1. The van der Waals surface area contributed by atoms with Crippen LogP contribution in [0.3, 0.4) is 0 Å². The normalized spacial score (nSPS) is 17.4. The molecule has 2 saturated heterocycles. The van der Waals surface area contributed by atoms with Crippen LogP contribution in [0, 0.1) is 22.6 Å². The van der Waals surface area contributed by atoms with E-state index in [1.807, 2.05) is 45.0 Å². The van der Waals surface area contributed by atoms with Crippen molar-refractivity contribution in [2.24, 2.45) is 5.41 Å².